The Labute approximate surface area is 95.3 Å². The maximum absolute atomic E-state index is 12.8. The van der Waals surface area contributed by atoms with Crippen molar-refractivity contribution in [2.24, 2.45) is 0 Å². The van der Waals surface area contributed by atoms with E-state index in [0.29, 0.717) is 5.69 Å². The van der Waals surface area contributed by atoms with E-state index in [1.54, 1.807) is 7.05 Å². The van der Waals surface area contributed by atoms with Crippen LogP contribution in [-0.4, -0.2) is 28.7 Å². The average Bonchev–Trinajstić information content (AvgIpc) is 2.70. The van der Waals surface area contributed by atoms with E-state index in [2.05, 4.69) is 15.7 Å². The number of nitrogens with one attached hydrogen (secondary N) is 3. The average molecular weight is 250 g/mol. The van der Waals surface area contributed by atoms with E-state index in [4.69, 9.17) is 17.0 Å². The lowest BCUT2D eigenvalue weighted by Crippen LogP contribution is -2.25. The van der Waals surface area contributed by atoms with Crippen molar-refractivity contribution in [2.75, 3.05) is 12.4 Å². The summed E-state index contributed by atoms with van der Waals surface area (Å²) in [5.74, 6) is -2.70. The molecule has 8 heteroatoms. The minimum absolute atomic E-state index is 0.0176. The van der Waals surface area contributed by atoms with Crippen molar-refractivity contribution < 1.29 is 8.78 Å². The standard InChI is InChI=1S/C8H10ClF2N5/c1-13-7(12)15-4-3-14-16(6(4)9)5-2-8(5,10)11/h3,5H,2H2,1H3,(H3,12,13,15). The van der Waals surface area contributed by atoms with Gasteiger partial charge in [-0.1, -0.05) is 11.6 Å². The first-order valence-corrected chi connectivity index (χ1v) is 4.97. The zero-order valence-corrected chi connectivity index (χ0v) is 9.15. The van der Waals surface area contributed by atoms with Crippen molar-refractivity contribution in [3.8, 4) is 0 Å². The molecule has 1 aliphatic rings. The molecular formula is C8H10ClF2N5. The summed E-state index contributed by atoms with van der Waals surface area (Å²) in [6.45, 7) is 0. The van der Waals surface area contributed by atoms with Crippen LogP contribution in [0.1, 0.15) is 12.5 Å². The number of hydrogen-bond donors (Lipinski definition) is 3. The number of anilines is 1. The largest absolute Gasteiger partial charge is 0.359 e. The summed E-state index contributed by atoms with van der Waals surface area (Å²) in [7, 11) is 1.56. The predicted molar refractivity (Wildman–Crippen MR) is 56.2 cm³/mol. The van der Waals surface area contributed by atoms with Crippen molar-refractivity contribution in [3.05, 3.63) is 11.3 Å². The molecule has 0 radical (unpaired) electrons. The number of rotatable bonds is 2. The number of alkyl halides is 2. The number of aromatic nitrogens is 2. The molecule has 1 heterocycles. The first-order valence-electron chi connectivity index (χ1n) is 4.60. The predicted octanol–water partition coefficient (Wildman–Crippen LogP) is 1.68. The van der Waals surface area contributed by atoms with Gasteiger partial charge in [-0.2, -0.15) is 5.10 Å². The summed E-state index contributed by atoms with van der Waals surface area (Å²) in [5.41, 5.74) is 0.337. The van der Waals surface area contributed by atoms with Crippen LogP contribution in [0.5, 0.6) is 0 Å². The molecule has 1 unspecified atom stereocenters. The lowest BCUT2D eigenvalue weighted by Gasteiger charge is -2.05. The highest BCUT2D eigenvalue weighted by molar-refractivity contribution is 6.32. The maximum Gasteiger partial charge on any atom is 0.272 e. The Morgan fingerprint density at radius 3 is 2.88 bits per heavy atom. The van der Waals surface area contributed by atoms with Crippen LogP contribution in [-0.2, 0) is 0 Å². The van der Waals surface area contributed by atoms with Crippen LogP contribution in [0.4, 0.5) is 14.5 Å². The van der Waals surface area contributed by atoms with Gasteiger partial charge in [0, 0.05) is 13.5 Å². The molecule has 1 fully saturated rings. The first kappa shape index (κ1) is 11.1. The fourth-order valence-electron chi connectivity index (χ4n) is 1.31. The van der Waals surface area contributed by atoms with E-state index in [1.165, 1.54) is 6.20 Å². The lowest BCUT2D eigenvalue weighted by molar-refractivity contribution is 0.0984. The molecule has 1 saturated carbocycles. The monoisotopic (exact) mass is 249 g/mol. The van der Waals surface area contributed by atoms with E-state index >= 15 is 0 Å². The van der Waals surface area contributed by atoms with Crippen LogP contribution in [0.3, 0.4) is 0 Å². The first-order chi connectivity index (χ1) is 7.45. The highest BCUT2D eigenvalue weighted by Gasteiger charge is 2.59. The molecule has 1 atom stereocenters. The molecule has 0 bridgehead atoms. The molecule has 2 rings (SSSR count). The van der Waals surface area contributed by atoms with E-state index in [9.17, 15) is 8.78 Å². The molecule has 16 heavy (non-hydrogen) atoms. The highest BCUT2D eigenvalue weighted by Crippen LogP contribution is 2.53. The van der Waals surface area contributed by atoms with Crippen LogP contribution in [0, 0.1) is 5.41 Å². The molecule has 0 saturated heterocycles. The van der Waals surface area contributed by atoms with Crippen LogP contribution >= 0.6 is 11.6 Å². The number of hydrogen-bond acceptors (Lipinski definition) is 2. The maximum atomic E-state index is 12.8. The van der Waals surface area contributed by atoms with Crippen LogP contribution in [0.25, 0.3) is 0 Å². The summed E-state index contributed by atoms with van der Waals surface area (Å²) in [6, 6.07) is -0.959. The fraction of sp³-hybridized carbons (Fsp3) is 0.500. The number of nitrogens with zero attached hydrogens (tertiary/aromatic N) is 2. The van der Waals surface area contributed by atoms with Gasteiger partial charge in [0.2, 0.25) is 0 Å². The molecule has 1 aromatic heterocycles. The number of guanidine groups is 1. The van der Waals surface area contributed by atoms with Gasteiger partial charge in [0.05, 0.1) is 11.9 Å². The topological polar surface area (TPSA) is 65.7 Å². The molecule has 0 aromatic carbocycles. The Kier molecular flexibility index (Phi) is 2.49. The Bertz CT molecular complexity index is 430. The molecule has 1 aliphatic carbocycles. The second kappa shape index (κ2) is 3.58. The Morgan fingerprint density at radius 1 is 1.75 bits per heavy atom. The van der Waals surface area contributed by atoms with Crippen molar-refractivity contribution in [2.45, 2.75) is 18.4 Å². The zero-order chi connectivity index (χ0) is 11.9. The zero-order valence-electron chi connectivity index (χ0n) is 8.39. The third kappa shape index (κ3) is 1.82. The third-order valence-corrected chi connectivity index (χ3v) is 2.71. The van der Waals surface area contributed by atoms with Crippen LogP contribution < -0.4 is 10.6 Å². The SMILES string of the molecule is CNC(=N)Nc1cnn(C2CC2(F)F)c1Cl. The molecule has 1 aromatic rings. The van der Waals surface area contributed by atoms with E-state index < -0.39 is 12.0 Å². The third-order valence-electron chi connectivity index (χ3n) is 2.33. The van der Waals surface area contributed by atoms with Crippen molar-refractivity contribution in [3.63, 3.8) is 0 Å². The van der Waals surface area contributed by atoms with Crippen LogP contribution in [0.15, 0.2) is 6.20 Å². The Morgan fingerprint density at radius 2 is 2.38 bits per heavy atom. The summed E-state index contributed by atoms with van der Waals surface area (Å²) >= 11 is 5.87. The minimum atomic E-state index is -2.72. The smallest absolute Gasteiger partial charge is 0.272 e. The highest BCUT2D eigenvalue weighted by atomic mass is 35.5. The van der Waals surface area contributed by atoms with Gasteiger partial charge in [-0.3, -0.25) is 5.41 Å². The fourth-order valence-corrected chi connectivity index (χ4v) is 1.57. The van der Waals surface area contributed by atoms with E-state index in [1.807, 2.05) is 0 Å². The molecule has 0 aliphatic heterocycles. The molecule has 0 spiro atoms. The lowest BCUT2D eigenvalue weighted by atomic mass is 10.5. The Hall–Kier alpha value is -1.37. The summed E-state index contributed by atoms with van der Waals surface area (Å²) in [4.78, 5) is 0. The van der Waals surface area contributed by atoms with Gasteiger partial charge in [-0.05, 0) is 0 Å². The normalized spacial score (nSPS) is 21.6. The summed E-state index contributed by atoms with van der Waals surface area (Å²) in [6.07, 6.45) is 1.08. The van der Waals surface area contributed by atoms with E-state index in [0.717, 1.165) is 4.68 Å². The quantitative estimate of drug-likeness (QED) is 0.552. The second-order valence-electron chi connectivity index (χ2n) is 3.52. The van der Waals surface area contributed by atoms with E-state index in [-0.39, 0.29) is 17.5 Å². The molecule has 88 valence electrons. The van der Waals surface area contributed by atoms with Gasteiger partial charge in [0.25, 0.3) is 5.92 Å². The van der Waals surface area contributed by atoms with Crippen molar-refractivity contribution in [1.29, 1.82) is 5.41 Å². The molecular weight excluding hydrogens is 240 g/mol. The van der Waals surface area contributed by atoms with Crippen LogP contribution in [0.2, 0.25) is 5.15 Å². The molecule has 5 nitrogen and oxygen atoms in total. The van der Waals surface area contributed by atoms with Gasteiger partial charge in [0.1, 0.15) is 6.04 Å². The van der Waals surface area contributed by atoms with Crippen molar-refractivity contribution in [1.82, 2.24) is 15.1 Å². The van der Waals surface area contributed by atoms with Gasteiger partial charge < -0.3 is 10.6 Å². The minimum Gasteiger partial charge on any atom is -0.359 e. The second-order valence-corrected chi connectivity index (χ2v) is 3.88. The molecule has 3 N–H and O–H groups in total. The van der Waals surface area contributed by atoms with Gasteiger partial charge in [0.15, 0.2) is 11.1 Å². The summed E-state index contributed by atoms with van der Waals surface area (Å²) in [5, 5.41) is 16.3. The summed E-state index contributed by atoms with van der Waals surface area (Å²) < 4.78 is 26.7. The van der Waals surface area contributed by atoms with Crippen molar-refractivity contribution >= 4 is 23.2 Å². The number of halogens is 3. The van der Waals surface area contributed by atoms with Gasteiger partial charge in [-0.15, -0.1) is 0 Å². The van der Waals surface area contributed by atoms with Gasteiger partial charge >= 0.3 is 0 Å². The molecule has 0 amide bonds. The Balaban J connectivity index is 2.16. The van der Waals surface area contributed by atoms with Gasteiger partial charge in [-0.25, -0.2) is 13.5 Å².